The monoisotopic (exact) mass is 380 g/mol. The van der Waals surface area contributed by atoms with Crippen molar-refractivity contribution in [3.05, 3.63) is 64.8 Å². The molecule has 27 heavy (non-hydrogen) atoms. The van der Waals surface area contributed by atoms with Crippen molar-refractivity contribution < 1.29 is 4.74 Å². The Kier molecular flexibility index (Phi) is 5.31. The number of benzene rings is 1. The van der Waals surface area contributed by atoms with Crippen LogP contribution < -0.4 is 0 Å². The number of rotatable bonds is 6. The molecule has 1 aromatic carbocycles. The van der Waals surface area contributed by atoms with Crippen molar-refractivity contribution in [1.82, 2.24) is 9.88 Å². The van der Waals surface area contributed by atoms with Gasteiger partial charge in [-0.15, -0.1) is 11.3 Å². The first-order valence-electron chi connectivity index (χ1n) is 9.86. The van der Waals surface area contributed by atoms with Crippen LogP contribution in [0.2, 0.25) is 0 Å². The Labute approximate surface area is 166 Å². The fraction of sp³-hybridized carbons (Fsp3) is 0.435. The molecule has 0 aliphatic carbocycles. The smallest absolute Gasteiger partial charge is 0.0920 e. The van der Waals surface area contributed by atoms with Gasteiger partial charge in [0.05, 0.1) is 23.9 Å². The van der Waals surface area contributed by atoms with Gasteiger partial charge >= 0.3 is 0 Å². The van der Waals surface area contributed by atoms with E-state index in [4.69, 9.17) is 9.72 Å². The van der Waals surface area contributed by atoms with Gasteiger partial charge in [0.15, 0.2) is 0 Å². The molecule has 2 atom stereocenters. The molecule has 0 amide bonds. The second-order valence-electron chi connectivity index (χ2n) is 7.58. The average molecular weight is 381 g/mol. The molecular formula is C23H28N2OS. The Morgan fingerprint density at radius 3 is 2.74 bits per heavy atom. The molecule has 142 valence electrons. The molecule has 3 heterocycles. The molecule has 3 nitrogen and oxygen atoms in total. The van der Waals surface area contributed by atoms with Gasteiger partial charge in [0, 0.05) is 15.8 Å². The second kappa shape index (κ2) is 7.70. The maximum absolute atomic E-state index is 6.26. The van der Waals surface area contributed by atoms with Gasteiger partial charge in [-0.2, -0.15) is 0 Å². The fourth-order valence-electron chi connectivity index (χ4n) is 4.49. The summed E-state index contributed by atoms with van der Waals surface area (Å²) in [4.78, 5) is 8.48. The Bertz CT molecular complexity index is 905. The highest BCUT2D eigenvalue weighted by Gasteiger charge is 2.36. The molecule has 0 radical (unpaired) electrons. The molecule has 0 saturated carbocycles. The predicted molar refractivity (Wildman–Crippen MR) is 113 cm³/mol. The van der Waals surface area contributed by atoms with Crippen LogP contribution in [0.3, 0.4) is 0 Å². The highest BCUT2D eigenvalue weighted by molar-refractivity contribution is 7.19. The summed E-state index contributed by atoms with van der Waals surface area (Å²) in [5, 5.41) is 1.42. The summed E-state index contributed by atoms with van der Waals surface area (Å²) in [5.41, 5.74) is 2.61. The van der Waals surface area contributed by atoms with E-state index in [2.05, 4.69) is 62.3 Å². The van der Waals surface area contributed by atoms with Gasteiger partial charge in [0.2, 0.25) is 0 Å². The minimum Gasteiger partial charge on any atom is -0.372 e. The minimum atomic E-state index is -0.0566. The van der Waals surface area contributed by atoms with Crippen LogP contribution in [0.25, 0.3) is 10.1 Å². The normalized spacial score (nSPS) is 19.2. The van der Waals surface area contributed by atoms with Crippen LogP contribution in [-0.4, -0.2) is 30.6 Å². The number of hydrogen-bond donors (Lipinski definition) is 0. The van der Waals surface area contributed by atoms with Crippen LogP contribution in [0, 0.1) is 0 Å². The van der Waals surface area contributed by atoms with Crippen molar-refractivity contribution in [1.29, 1.82) is 0 Å². The van der Waals surface area contributed by atoms with E-state index in [1.54, 1.807) is 0 Å². The van der Waals surface area contributed by atoms with Crippen molar-refractivity contribution in [2.75, 3.05) is 20.7 Å². The van der Waals surface area contributed by atoms with Crippen LogP contribution in [0.4, 0.5) is 0 Å². The number of aromatic nitrogens is 1. The zero-order valence-corrected chi connectivity index (χ0v) is 17.3. The van der Waals surface area contributed by atoms with E-state index < -0.39 is 0 Å². The molecule has 1 aliphatic heterocycles. The van der Waals surface area contributed by atoms with Crippen molar-refractivity contribution in [3.63, 3.8) is 0 Å². The zero-order chi connectivity index (χ0) is 18.9. The summed E-state index contributed by atoms with van der Waals surface area (Å²) in [7, 11) is 4.34. The first-order chi connectivity index (χ1) is 13.2. The van der Waals surface area contributed by atoms with E-state index >= 15 is 0 Å². The van der Waals surface area contributed by atoms with Crippen molar-refractivity contribution in [2.45, 2.75) is 44.2 Å². The van der Waals surface area contributed by atoms with Crippen LogP contribution in [0.5, 0.6) is 0 Å². The lowest BCUT2D eigenvalue weighted by atomic mass is 9.83. The third-order valence-corrected chi connectivity index (χ3v) is 7.40. The summed E-state index contributed by atoms with van der Waals surface area (Å²) in [6.45, 7) is 3.09. The average Bonchev–Trinajstić information content (AvgIpc) is 3.09. The first kappa shape index (κ1) is 18.6. The lowest BCUT2D eigenvalue weighted by Crippen LogP contribution is -2.42. The molecule has 2 unspecified atom stereocenters. The van der Waals surface area contributed by atoms with Gasteiger partial charge in [-0.1, -0.05) is 31.2 Å². The molecule has 0 saturated heterocycles. The number of nitrogens with zero attached hydrogens (tertiary/aromatic N) is 2. The highest BCUT2D eigenvalue weighted by Crippen LogP contribution is 2.44. The van der Waals surface area contributed by atoms with Gasteiger partial charge in [0.25, 0.3) is 0 Å². The van der Waals surface area contributed by atoms with E-state index in [1.807, 2.05) is 23.6 Å². The Hall–Kier alpha value is -1.75. The molecule has 4 heteroatoms. The van der Waals surface area contributed by atoms with E-state index in [9.17, 15) is 0 Å². The summed E-state index contributed by atoms with van der Waals surface area (Å²) < 4.78 is 7.65. The molecule has 2 aromatic heterocycles. The van der Waals surface area contributed by atoms with Gasteiger partial charge in [-0.25, -0.2) is 0 Å². The lowest BCUT2D eigenvalue weighted by Gasteiger charge is -2.40. The molecule has 0 bridgehead atoms. The zero-order valence-electron chi connectivity index (χ0n) is 16.4. The molecular weight excluding hydrogens is 352 g/mol. The number of ether oxygens (including phenoxy) is 1. The van der Waals surface area contributed by atoms with Crippen LogP contribution in [0.15, 0.2) is 48.7 Å². The van der Waals surface area contributed by atoms with Gasteiger partial charge in [-0.05, 0) is 68.9 Å². The Balaban J connectivity index is 1.63. The Morgan fingerprint density at radius 2 is 2.00 bits per heavy atom. The lowest BCUT2D eigenvalue weighted by molar-refractivity contribution is 0.0207. The van der Waals surface area contributed by atoms with Crippen LogP contribution in [-0.2, 0) is 16.7 Å². The minimum absolute atomic E-state index is 0.0566. The van der Waals surface area contributed by atoms with Crippen molar-refractivity contribution in [2.24, 2.45) is 0 Å². The van der Waals surface area contributed by atoms with Crippen LogP contribution >= 0.6 is 11.3 Å². The predicted octanol–water partition coefficient (Wildman–Crippen LogP) is 5.56. The number of thiophene rings is 1. The largest absolute Gasteiger partial charge is 0.372 e. The molecule has 3 aromatic rings. The van der Waals surface area contributed by atoms with Gasteiger partial charge in [0.1, 0.15) is 0 Å². The maximum atomic E-state index is 6.26. The summed E-state index contributed by atoms with van der Waals surface area (Å²) >= 11 is 1.92. The standard InChI is InChI=1S/C23H28N2OS/c1-4-23(25(2)3,21-11-7-8-15-24-21)14-12-19-22-18(13-16-26-19)17-9-5-6-10-20(17)27-22/h5-11,15,19H,4,12-14,16H2,1-3H3. The van der Waals surface area contributed by atoms with E-state index in [1.165, 1.54) is 20.5 Å². The topological polar surface area (TPSA) is 25.4 Å². The third-order valence-electron chi connectivity index (χ3n) is 6.10. The third kappa shape index (κ3) is 3.31. The fourth-order valence-corrected chi connectivity index (χ4v) is 5.83. The van der Waals surface area contributed by atoms with E-state index in [0.29, 0.717) is 0 Å². The quantitative estimate of drug-likeness (QED) is 0.560. The molecule has 4 rings (SSSR count). The Morgan fingerprint density at radius 1 is 1.19 bits per heavy atom. The van der Waals surface area contributed by atoms with Crippen LogP contribution in [0.1, 0.15) is 48.4 Å². The molecule has 0 N–H and O–H groups in total. The molecule has 0 spiro atoms. The highest BCUT2D eigenvalue weighted by atomic mass is 32.1. The summed E-state index contributed by atoms with van der Waals surface area (Å²) in [6, 6.07) is 15.0. The maximum Gasteiger partial charge on any atom is 0.0920 e. The summed E-state index contributed by atoms with van der Waals surface area (Å²) in [5.74, 6) is 0. The van der Waals surface area contributed by atoms with E-state index in [0.717, 1.165) is 38.0 Å². The number of fused-ring (bicyclic) bond motifs is 3. The van der Waals surface area contributed by atoms with Gasteiger partial charge < -0.3 is 4.74 Å². The molecule has 1 aliphatic rings. The molecule has 0 fully saturated rings. The SMILES string of the molecule is CCC(CCC1OCCc2c1sc1ccccc21)(c1ccccn1)N(C)C. The second-order valence-corrected chi connectivity index (χ2v) is 8.67. The van der Waals surface area contributed by atoms with Crippen molar-refractivity contribution >= 4 is 21.4 Å². The summed E-state index contributed by atoms with van der Waals surface area (Å²) in [6.07, 6.45) is 6.21. The first-order valence-corrected chi connectivity index (χ1v) is 10.7. The number of pyridine rings is 1. The van der Waals surface area contributed by atoms with E-state index in [-0.39, 0.29) is 11.6 Å². The van der Waals surface area contributed by atoms with Crippen molar-refractivity contribution in [3.8, 4) is 0 Å². The van der Waals surface area contributed by atoms with Gasteiger partial charge in [-0.3, -0.25) is 9.88 Å². The number of hydrogen-bond acceptors (Lipinski definition) is 4.